The van der Waals surface area contributed by atoms with Crippen molar-refractivity contribution >= 4 is 5.97 Å². The summed E-state index contributed by atoms with van der Waals surface area (Å²) in [7, 11) is 1.26. The lowest BCUT2D eigenvalue weighted by Gasteiger charge is -2.07. The third-order valence-electron chi connectivity index (χ3n) is 3.01. The molecule has 0 radical (unpaired) electrons. The summed E-state index contributed by atoms with van der Waals surface area (Å²) < 4.78 is 18.0. The molecule has 1 aromatic rings. The monoisotopic (exact) mass is 208 g/mol. The minimum absolute atomic E-state index is 0.0463. The number of rotatable bonds is 1. The Morgan fingerprint density at radius 2 is 2.27 bits per heavy atom. The van der Waals surface area contributed by atoms with Crippen LogP contribution in [0.25, 0.3) is 0 Å². The number of esters is 1. The fraction of sp³-hybridized carbons (Fsp3) is 0.417. The molecule has 0 saturated carbocycles. The molecule has 1 atom stereocenters. The van der Waals surface area contributed by atoms with Crippen molar-refractivity contribution in [3.05, 3.63) is 34.6 Å². The quantitative estimate of drug-likeness (QED) is 0.663. The molecular formula is C12H13FO2. The maximum Gasteiger partial charge on any atom is 0.340 e. The Balaban J connectivity index is 2.50. The van der Waals surface area contributed by atoms with Gasteiger partial charge in [0.1, 0.15) is 5.82 Å². The van der Waals surface area contributed by atoms with Gasteiger partial charge in [-0.15, -0.1) is 0 Å². The van der Waals surface area contributed by atoms with E-state index in [4.69, 9.17) is 0 Å². The van der Waals surface area contributed by atoms with Crippen LogP contribution < -0.4 is 0 Å². The van der Waals surface area contributed by atoms with Crippen molar-refractivity contribution in [2.75, 3.05) is 7.11 Å². The summed E-state index contributed by atoms with van der Waals surface area (Å²) in [5, 5.41) is 0. The lowest BCUT2D eigenvalue weighted by Crippen LogP contribution is -2.06. The van der Waals surface area contributed by atoms with Crippen molar-refractivity contribution in [1.29, 1.82) is 0 Å². The van der Waals surface area contributed by atoms with E-state index in [9.17, 15) is 9.18 Å². The van der Waals surface area contributed by atoms with Gasteiger partial charge in [0.25, 0.3) is 0 Å². The van der Waals surface area contributed by atoms with Gasteiger partial charge in [-0.2, -0.15) is 0 Å². The minimum Gasteiger partial charge on any atom is -0.465 e. The van der Waals surface area contributed by atoms with Gasteiger partial charge in [0.05, 0.1) is 12.7 Å². The highest BCUT2D eigenvalue weighted by Gasteiger charge is 2.23. The number of hydrogen-bond donors (Lipinski definition) is 0. The Kier molecular flexibility index (Phi) is 2.47. The second-order valence-corrected chi connectivity index (χ2v) is 3.96. The second-order valence-electron chi connectivity index (χ2n) is 3.96. The summed E-state index contributed by atoms with van der Waals surface area (Å²) in [4.78, 5) is 11.3. The zero-order chi connectivity index (χ0) is 11.0. The third kappa shape index (κ3) is 1.62. The van der Waals surface area contributed by atoms with Gasteiger partial charge in [-0.05, 0) is 42.0 Å². The van der Waals surface area contributed by atoms with E-state index in [1.807, 2.05) is 0 Å². The number of methoxy groups -OCH3 is 1. The van der Waals surface area contributed by atoms with Crippen molar-refractivity contribution in [3.8, 4) is 0 Å². The number of fused-ring (bicyclic) bond motifs is 1. The van der Waals surface area contributed by atoms with Gasteiger partial charge in [0, 0.05) is 0 Å². The van der Waals surface area contributed by atoms with Crippen LogP contribution in [0.2, 0.25) is 0 Å². The standard InChI is InChI=1S/C12H13FO2/c1-7-3-4-8-5-11(13)10(6-9(7)8)12(14)15-2/h5-7H,3-4H2,1-2H3. The van der Waals surface area contributed by atoms with Crippen LogP contribution in [-0.2, 0) is 11.2 Å². The summed E-state index contributed by atoms with van der Waals surface area (Å²) in [6.07, 6.45) is 1.92. The Hall–Kier alpha value is -1.38. The van der Waals surface area contributed by atoms with Crippen LogP contribution in [0.1, 0.15) is 40.7 Å². The lowest BCUT2D eigenvalue weighted by molar-refractivity contribution is 0.0595. The first-order valence-electron chi connectivity index (χ1n) is 5.04. The van der Waals surface area contributed by atoms with E-state index in [1.165, 1.54) is 13.2 Å². The van der Waals surface area contributed by atoms with Crippen LogP contribution in [0.3, 0.4) is 0 Å². The molecule has 0 aromatic heterocycles. The van der Waals surface area contributed by atoms with E-state index >= 15 is 0 Å². The summed E-state index contributed by atoms with van der Waals surface area (Å²) in [6, 6.07) is 3.10. The molecule has 2 rings (SSSR count). The Morgan fingerprint density at radius 3 is 2.93 bits per heavy atom. The summed E-state index contributed by atoms with van der Waals surface area (Å²) in [6.45, 7) is 2.09. The zero-order valence-corrected chi connectivity index (χ0v) is 8.84. The molecule has 0 bridgehead atoms. The molecule has 1 aromatic carbocycles. The predicted octanol–water partition coefficient (Wildman–Crippen LogP) is 2.66. The Bertz CT molecular complexity index is 412. The zero-order valence-electron chi connectivity index (χ0n) is 8.84. The maximum absolute atomic E-state index is 13.5. The molecule has 3 heteroatoms. The van der Waals surface area contributed by atoms with Gasteiger partial charge in [0.15, 0.2) is 0 Å². The molecule has 0 aliphatic heterocycles. The molecule has 0 saturated heterocycles. The van der Waals surface area contributed by atoms with Crippen LogP contribution in [0.15, 0.2) is 12.1 Å². The number of aryl methyl sites for hydroxylation is 1. The summed E-state index contributed by atoms with van der Waals surface area (Å²) in [5.74, 6) is -0.673. The normalized spacial score (nSPS) is 18.7. The Morgan fingerprint density at radius 1 is 1.53 bits per heavy atom. The highest BCUT2D eigenvalue weighted by atomic mass is 19.1. The molecule has 1 unspecified atom stereocenters. The highest BCUT2D eigenvalue weighted by Crippen LogP contribution is 2.34. The van der Waals surface area contributed by atoms with Crippen molar-refractivity contribution in [2.24, 2.45) is 0 Å². The molecule has 1 aliphatic rings. The number of benzene rings is 1. The summed E-state index contributed by atoms with van der Waals surface area (Å²) >= 11 is 0. The molecule has 2 nitrogen and oxygen atoms in total. The van der Waals surface area contributed by atoms with Crippen LogP contribution >= 0.6 is 0 Å². The van der Waals surface area contributed by atoms with E-state index in [0.717, 1.165) is 24.0 Å². The van der Waals surface area contributed by atoms with E-state index in [-0.39, 0.29) is 5.56 Å². The van der Waals surface area contributed by atoms with E-state index < -0.39 is 11.8 Å². The molecule has 15 heavy (non-hydrogen) atoms. The molecular weight excluding hydrogens is 195 g/mol. The van der Waals surface area contributed by atoms with E-state index in [2.05, 4.69) is 11.7 Å². The second kappa shape index (κ2) is 3.65. The smallest absolute Gasteiger partial charge is 0.340 e. The molecule has 0 fully saturated rings. The van der Waals surface area contributed by atoms with Gasteiger partial charge >= 0.3 is 5.97 Å². The Labute approximate surface area is 88.1 Å². The SMILES string of the molecule is COC(=O)c1cc2c(cc1F)CCC2C. The van der Waals surface area contributed by atoms with Crippen molar-refractivity contribution in [1.82, 2.24) is 0 Å². The van der Waals surface area contributed by atoms with Gasteiger partial charge in [-0.25, -0.2) is 9.18 Å². The van der Waals surface area contributed by atoms with Crippen molar-refractivity contribution < 1.29 is 13.9 Å². The minimum atomic E-state index is -0.602. The van der Waals surface area contributed by atoms with Crippen LogP contribution in [0, 0.1) is 5.82 Å². The number of hydrogen-bond acceptors (Lipinski definition) is 2. The fourth-order valence-electron chi connectivity index (χ4n) is 2.10. The first-order valence-corrected chi connectivity index (χ1v) is 5.04. The largest absolute Gasteiger partial charge is 0.465 e. The molecule has 0 spiro atoms. The van der Waals surface area contributed by atoms with Crippen molar-refractivity contribution in [2.45, 2.75) is 25.7 Å². The predicted molar refractivity (Wildman–Crippen MR) is 54.5 cm³/mol. The number of ether oxygens (including phenoxy) is 1. The average molecular weight is 208 g/mol. The fourth-order valence-corrected chi connectivity index (χ4v) is 2.10. The first kappa shape index (κ1) is 10.1. The molecule has 80 valence electrons. The maximum atomic E-state index is 13.5. The van der Waals surface area contributed by atoms with Gasteiger partial charge in [-0.1, -0.05) is 6.92 Å². The lowest BCUT2D eigenvalue weighted by atomic mass is 10.0. The van der Waals surface area contributed by atoms with E-state index in [1.54, 1.807) is 6.07 Å². The van der Waals surface area contributed by atoms with Gasteiger partial charge in [0.2, 0.25) is 0 Å². The molecule has 0 N–H and O–H groups in total. The first-order chi connectivity index (χ1) is 7.13. The third-order valence-corrected chi connectivity index (χ3v) is 3.01. The number of carbonyl (C=O) groups excluding carboxylic acids is 1. The summed E-state index contributed by atoms with van der Waals surface area (Å²) in [5.41, 5.74) is 2.15. The highest BCUT2D eigenvalue weighted by molar-refractivity contribution is 5.90. The van der Waals surface area contributed by atoms with Gasteiger partial charge < -0.3 is 4.74 Å². The van der Waals surface area contributed by atoms with Crippen LogP contribution in [-0.4, -0.2) is 13.1 Å². The van der Waals surface area contributed by atoms with Crippen molar-refractivity contribution in [3.63, 3.8) is 0 Å². The van der Waals surface area contributed by atoms with Crippen LogP contribution in [0.4, 0.5) is 4.39 Å². The number of halogens is 1. The van der Waals surface area contributed by atoms with Gasteiger partial charge in [-0.3, -0.25) is 0 Å². The number of carbonyl (C=O) groups is 1. The average Bonchev–Trinajstić information content (AvgIpc) is 2.58. The van der Waals surface area contributed by atoms with E-state index in [0.29, 0.717) is 5.92 Å². The molecule has 1 aliphatic carbocycles. The topological polar surface area (TPSA) is 26.3 Å². The molecule has 0 heterocycles. The van der Waals surface area contributed by atoms with Crippen LogP contribution in [0.5, 0.6) is 0 Å². The molecule has 0 amide bonds.